The molecule has 1 amide bonds. The Kier molecular flexibility index (Phi) is 4.85. The van der Waals surface area contributed by atoms with Crippen LogP contribution in [0.3, 0.4) is 0 Å². The van der Waals surface area contributed by atoms with E-state index in [0.29, 0.717) is 16.0 Å². The topological polar surface area (TPSA) is 67.2 Å². The third-order valence-corrected chi connectivity index (χ3v) is 3.72. The number of rotatable bonds is 3. The largest absolute Gasteiger partial charge is 0.434 e. The lowest BCUT2D eigenvalue weighted by Crippen LogP contribution is -2.23. The van der Waals surface area contributed by atoms with Crippen LogP contribution >= 0.6 is 11.6 Å². The van der Waals surface area contributed by atoms with Gasteiger partial charge >= 0.3 is 6.18 Å². The maximum atomic E-state index is 13.3. The Morgan fingerprint density at radius 3 is 2.69 bits per heavy atom. The van der Waals surface area contributed by atoms with E-state index in [1.165, 1.54) is 24.5 Å². The molecule has 3 rings (SSSR count). The van der Waals surface area contributed by atoms with E-state index < -0.39 is 23.3 Å². The molecule has 0 spiro atoms. The lowest BCUT2D eigenvalue weighted by molar-refractivity contribution is -0.141. The summed E-state index contributed by atoms with van der Waals surface area (Å²) in [5.41, 5.74) is 0.499. The van der Waals surface area contributed by atoms with Crippen LogP contribution in [-0.2, 0) is 6.18 Å². The molecule has 0 aliphatic rings. The maximum absolute atomic E-state index is 13.3. The third-order valence-electron chi connectivity index (χ3n) is 3.38. The van der Waals surface area contributed by atoms with Crippen molar-refractivity contribution in [1.29, 1.82) is 0 Å². The van der Waals surface area contributed by atoms with E-state index in [2.05, 4.69) is 20.5 Å². The van der Waals surface area contributed by atoms with Gasteiger partial charge in [0.2, 0.25) is 0 Å². The summed E-state index contributed by atoms with van der Waals surface area (Å²) in [6.45, 7) is 0. The van der Waals surface area contributed by atoms with E-state index in [1.54, 1.807) is 24.3 Å². The Bertz CT molecular complexity index is 1000. The van der Waals surface area contributed by atoms with Crippen LogP contribution in [0.5, 0.6) is 0 Å². The molecule has 0 bridgehead atoms. The number of aromatic nitrogens is 2. The van der Waals surface area contributed by atoms with Crippen molar-refractivity contribution in [3.05, 3.63) is 70.5 Å². The quantitative estimate of drug-likeness (QED) is 0.552. The molecule has 5 nitrogen and oxygen atoms in total. The van der Waals surface area contributed by atoms with Gasteiger partial charge in [-0.2, -0.15) is 18.3 Å². The molecule has 0 saturated heterocycles. The van der Waals surface area contributed by atoms with Gasteiger partial charge in [0.1, 0.15) is 0 Å². The Morgan fingerprint density at radius 1 is 1.19 bits per heavy atom. The fraction of sp³-hybridized carbons (Fsp3) is 0.0588. The van der Waals surface area contributed by atoms with Crippen molar-refractivity contribution in [3.8, 4) is 0 Å². The summed E-state index contributed by atoms with van der Waals surface area (Å²) in [5.74, 6) is -1.04. The first-order chi connectivity index (χ1) is 12.4. The summed E-state index contributed by atoms with van der Waals surface area (Å²) in [5, 5.41) is 4.36. The van der Waals surface area contributed by atoms with Gasteiger partial charge in [-0.05, 0) is 24.3 Å². The number of carbonyl (C=O) groups excluding carboxylic acids is 1. The first-order valence-electron chi connectivity index (χ1n) is 7.27. The van der Waals surface area contributed by atoms with E-state index in [0.717, 1.165) is 6.07 Å². The lowest BCUT2D eigenvalue weighted by Gasteiger charge is -2.11. The molecule has 1 N–H and O–H groups in total. The number of amides is 1. The highest BCUT2D eigenvalue weighted by Gasteiger charge is 2.37. The summed E-state index contributed by atoms with van der Waals surface area (Å²) in [4.78, 5) is 19.5. The van der Waals surface area contributed by atoms with Gasteiger partial charge in [-0.3, -0.25) is 4.79 Å². The van der Waals surface area contributed by atoms with E-state index in [-0.39, 0.29) is 5.65 Å². The van der Waals surface area contributed by atoms with Crippen LogP contribution in [0.25, 0.3) is 11.0 Å². The van der Waals surface area contributed by atoms with Crippen LogP contribution in [0.2, 0.25) is 5.02 Å². The number of fused-ring (bicyclic) bond motifs is 1. The number of hydrogen-bond acceptors (Lipinski definition) is 4. The maximum Gasteiger partial charge on any atom is 0.434 e. The molecular formula is C17H10ClF3N4O. The summed E-state index contributed by atoms with van der Waals surface area (Å²) in [7, 11) is 0. The van der Waals surface area contributed by atoms with E-state index in [9.17, 15) is 18.0 Å². The molecule has 0 saturated carbocycles. The number of carbonyl (C=O) groups is 1. The predicted octanol–water partition coefficient (Wildman–Crippen LogP) is 4.07. The highest BCUT2D eigenvalue weighted by Crippen LogP contribution is 2.32. The zero-order valence-corrected chi connectivity index (χ0v) is 13.7. The van der Waals surface area contributed by atoms with Crippen LogP contribution in [0.1, 0.15) is 21.6 Å². The van der Waals surface area contributed by atoms with Crippen molar-refractivity contribution < 1.29 is 18.0 Å². The molecule has 0 radical (unpaired) electrons. The molecule has 26 heavy (non-hydrogen) atoms. The van der Waals surface area contributed by atoms with Gasteiger partial charge in [-0.1, -0.05) is 29.8 Å². The minimum Gasteiger partial charge on any atom is -0.267 e. The number of alkyl halides is 3. The van der Waals surface area contributed by atoms with Crippen molar-refractivity contribution in [2.45, 2.75) is 6.18 Å². The Morgan fingerprint density at radius 2 is 1.96 bits per heavy atom. The Balaban J connectivity index is 1.93. The first-order valence-corrected chi connectivity index (χ1v) is 7.65. The van der Waals surface area contributed by atoms with Gasteiger partial charge in [0, 0.05) is 22.2 Å². The van der Waals surface area contributed by atoms with Crippen LogP contribution in [0, 0.1) is 0 Å². The molecule has 0 aliphatic heterocycles. The molecule has 1 aromatic carbocycles. The van der Waals surface area contributed by atoms with Crippen molar-refractivity contribution in [2.75, 3.05) is 0 Å². The zero-order chi connectivity index (χ0) is 18.7. The number of pyridine rings is 2. The van der Waals surface area contributed by atoms with Gasteiger partial charge in [-0.15, -0.1) is 0 Å². The Labute approximate surface area is 150 Å². The number of nitrogens with one attached hydrogen (secondary N) is 1. The van der Waals surface area contributed by atoms with Gasteiger partial charge in [-0.25, -0.2) is 15.4 Å². The molecule has 3 aromatic rings. The highest BCUT2D eigenvalue weighted by atomic mass is 35.5. The molecular weight excluding hydrogens is 369 g/mol. The predicted molar refractivity (Wildman–Crippen MR) is 91.1 cm³/mol. The van der Waals surface area contributed by atoms with Gasteiger partial charge in [0.15, 0.2) is 11.3 Å². The number of benzene rings is 1. The van der Waals surface area contributed by atoms with Crippen molar-refractivity contribution in [2.24, 2.45) is 5.10 Å². The molecule has 9 heteroatoms. The number of halogens is 4. The van der Waals surface area contributed by atoms with Gasteiger partial charge < -0.3 is 0 Å². The van der Waals surface area contributed by atoms with Crippen molar-refractivity contribution in [1.82, 2.24) is 15.4 Å². The van der Waals surface area contributed by atoms with Crippen LogP contribution in [-0.4, -0.2) is 22.1 Å². The molecule has 0 fully saturated rings. The van der Waals surface area contributed by atoms with Crippen LogP contribution in [0.4, 0.5) is 13.2 Å². The van der Waals surface area contributed by atoms with E-state index >= 15 is 0 Å². The lowest BCUT2D eigenvalue weighted by atomic mass is 10.1. The second kappa shape index (κ2) is 7.09. The second-order valence-electron chi connectivity index (χ2n) is 5.15. The minimum atomic E-state index is -4.81. The average Bonchev–Trinajstić information content (AvgIpc) is 2.61. The normalized spacial score (nSPS) is 11.8. The summed E-state index contributed by atoms with van der Waals surface area (Å²) >= 11 is 5.94. The fourth-order valence-corrected chi connectivity index (χ4v) is 2.38. The number of hydrazone groups is 1. The molecule has 2 aromatic heterocycles. The standard InChI is InChI=1S/C17H10ClF3N4O/c18-13-6-2-1-4-11(13)9-23-25-16(26)12-8-10-5-3-7-22-15(10)24-14(12)17(19,20)21/h1-9H,(H,25,26)/b23-9+. The summed E-state index contributed by atoms with van der Waals surface area (Å²) < 4.78 is 39.8. The minimum absolute atomic E-state index is 0.101. The summed E-state index contributed by atoms with van der Waals surface area (Å²) in [6, 6.07) is 10.8. The smallest absolute Gasteiger partial charge is 0.267 e. The van der Waals surface area contributed by atoms with E-state index in [1.807, 2.05) is 0 Å². The van der Waals surface area contributed by atoms with Crippen LogP contribution in [0.15, 0.2) is 53.8 Å². The third kappa shape index (κ3) is 3.80. The monoisotopic (exact) mass is 378 g/mol. The fourth-order valence-electron chi connectivity index (χ4n) is 2.20. The van der Waals surface area contributed by atoms with Crippen LogP contribution < -0.4 is 5.43 Å². The van der Waals surface area contributed by atoms with Crippen molar-refractivity contribution in [3.63, 3.8) is 0 Å². The number of nitrogens with zero attached hydrogens (tertiary/aromatic N) is 3. The Hall–Kier alpha value is -3.00. The average molecular weight is 379 g/mol. The second-order valence-corrected chi connectivity index (χ2v) is 5.56. The zero-order valence-electron chi connectivity index (χ0n) is 13.0. The molecule has 2 heterocycles. The molecule has 0 aliphatic carbocycles. The molecule has 132 valence electrons. The first kappa shape index (κ1) is 17.8. The summed E-state index contributed by atoms with van der Waals surface area (Å²) in [6.07, 6.45) is -2.25. The number of hydrogen-bond donors (Lipinski definition) is 1. The highest BCUT2D eigenvalue weighted by molar-refractivity contribution is 6.33. The van der Waals surface area contributed by atoms with Gasteiger partial charge in [0.25, 0.3) is 5.91 Å². The van der Waals surface area contributed by atoms with Gasteiger partial charge in [0.05, 0.1) is 11.8 Å². The molecule has 0 unspecified atom stereocenters. The van der Waals surface area contributed by atoms with E-state index in [4.69, 9.17) is 11.6 Å². The molecule has 0 atom stereocenters. The van der Waals surface area contributed by atoms with Crippen molar-refractivity contribution >= 4 is 34.8 Å². The SMILES string of the molecule is O=C(N/N=C/c1ccccc1Cl)c1cc2cccnc2nc1C(F)(F)F.